The molecule has 2 aromatic carbocycles. The maximum absolute atomic E-state index is 12.9. The monoisotopic (exact) mass is 365 g/mol. The largest absolute Gasteiger partial charge is 0.459 e. The van der Waals surface area contributed by atoms with Gasteiger partial charge in [0.15, 0.2) is 11.9 Å². The molecule has 1 heterocycles. The van der Waals surface area contributed by atoms with Gasteiger partial charge in [0.25, 0.3) is 11.6 Å². The molecule has 8 heteroatoms. The molecular weight excluding hydrogens is 350 g/mol. The van der Waals surface area contributed by atoms with Crippen molar-refractivity contribution in [3.63, 3.8) is 0 Å². The summed E-state index contributed by atoms with van der Waals surface area (Å²) in [7, 11) is 0. The Bertz CT molecular complexity index is 954. The van der Waals surface area contributed by atoms with Gasteiger partial charge in [0.05, 0.1) is 11.2 Å². The van der Waals surface area contributed by atoms with Crippen LogP contribution in [0.5, 0.6) is 0 Å². The van der Waals surface area contributed by atoms with E-state index < -0.39 is 22.8 Å². The van der Waals surface area contributed by atoms with Crippen LogP contribution in [0.3, 0.4) is 0 Å². The van der Waals surface area contributed by atoms with Gasteiger partial charge in [-0.3, -0.25) is 19.7 Å². The minimum Gasteiger partial charge on any atom is -0.459 e. The van der Waals surface area contributed by atoms with Crippen molar-refractivity contribution in [3.05, 3.63) is 94.4 Å². The summed E-state index contributed by atoms with van der Waals surface area (Å²) >= 11 is 0. The number of amides is 1. The normalized spacial score (nSPS) is 11.4. The van der Waals surface area contributed by atoms with Gasteiger partial charge in [0, 0.05) is 11.6 Å². The topological polar surface area (TPSA) is 114 Å². The van der Waals surface area contributed by atoms with E-state index in [9.17, 15) is 19.7 Å². The Labute approximate surface area is 154 Å². The number of carbonyl (C=O) groups excluding carboxylic acids is 2. The summed E-state index contributed by atoms with van der Waals surface area (Å²) in [4.78, 5) is 35.8. The summed E-state index contributed by atoms with van der Waals surface area (Å²) in [5.74, 6) is -1.06. The molecule has 0 aliphatic rings. The smallest absolute Gasteiger partial charge is 0.292 e. The SMILES string of the molecule is O=C(NC(Nc1ccccc1[N+](=O)[O-])C(=O)c1ccccc1)c1ccco1. The maximum atomic E-state index is 12.9. The molecule has 1 aromatic heterocycles. The van der Waals surface area contributed by atoms with Crippen LogP contribution in [0.25, 0.3) is 0 Å². The van der Waals surface area contributed by atoms with Crippen molar-refractivity contribution >= 4 is 23.1 Å². The highest BCUT2D eigenvalue weighted by atomic mass is 16.6. The van der Waals surface area contributed by atoms with Crippen LogP contribution in [0.1, 0.15) is 20.9 Å². The molecule has 1 atom stereocenters. The van der Waals surface area contributed by atoms with Gasteiger partial charge in [-0.2, -0.15) is 0 Å². The Hall–Kier alpha value is -3.94. The van der Waals surface area contributed by atoms with Crippen molar-refractivity contribution in [3.8, 4) is 0 Å². The van der Waals surface area contributed by atoms with Crippen molar-refractivity contribution in [2.45, 2.75) is 6.17 Å². The number of nitro groups is 1. The fourth-order valence-electron chi connectivity index (χ4n) is 2.46. The lowest BCUT2D eigenvalue weighted by Gasteiger charge is -2.19. The van der Waals surface area contributed by atoms with E-state index in [1.165, 1.54) is 30.5 Å². The fourth-order valence-corrected chi connectivity index (χ4v) is 2.46. The van der Waals surface area contributed by atoms with Crippen LogP contribution < -0.4 is 10.6 Å². The summed E-state index contributed by atoms with van der Waals surface area (Å²) in [6.45, 7) is 0. The highest BCUT2D eigenvalue weighted by Gasteiger charge is 2.26. The molecule has 0 radical (unpaired) electrons. The van der Waals surface area contributed by atoms with Gasteiger partial charge >= 0.3 is 0 Å². The van der Waals surface area contributed by atoms with Crippen LogP contribution in [-0.2, 0) is 0 Å². The van der Waals surface area contributed by atoms with Crippen LogP contribution in [0.4, 0.5) is 11.4 Å². The molecule has 3 aromatic rings. The molecule has 0 bridgehead atoms. The van der Waals surface area contributed by atoms with E-state index in [1.807, 2.05) is 0 Å². The number of hydrogen-bond donors (Lipinski definition) is 2. The molecule has 2 N–H and O–H groups in total. The third kappa shape index (κ3) is 4.18. The second-order valence-electron chi connectivity index (χ2n) is 5.53. The second kappa shape index (κ2) is 7.96. The van der Waals surface area contributed by atoms with Gasteiger partial charge in [0.2, 0.25) is 5.78 Å². The lowest BCUT2D eigenvalue weighted by molar-refractivity contribution is -0.384. The van der Waals surface area contributed by atoms with Crippen molar-refractivity contribution in [2.75, 3.05) is 5.32 Å². The molecule has 0 saturated carbocycles. The third-order valence-corrected chi connectivity index (χ3v) is 3.74. The van der Waals surface area contributed by atoms with Gasteiger partial charge in [-0.15, -0.1) is 0 Å². The lowest BCUT2D eigenvalue weighted by atomic mass is 10.1. The van der Waals surface area contributed by atoms with Gasteiger partial charge in [-0.1, -0.05) is 42.5 Å². The third-order valence-electron chi connectivity index (χ3n) is 3.74. The first-order chi connectivity index (χ1) is 13.1. The van der Waals surface area contributed by atoms with Crippen LogP contribution >= 0.6 is 0 Å². The van der Waals surface area contributed by atoms with E-state index in [-0.39, 0.29) is 17.1 Å². The number of Topliss-reactive ketones (excluding diaryl/α,β-unsaturated/α-hetero) is 1. The molecule has 136 valence electrons. The standard InChI is InChI=1S/C19H15N3O5/c23-17(13-7-2-1-3-8-13)18(21-19(24)16-11-6-12-27-16)20-14-9-4-5-10-15(14)22(25)26/h1-12,18,20H,(H,21,24). The van der Waals surface area contributed by atoms with Crippen LogP contribution in [0, 0.1) is 10.1 Å². The lowest BCUT2D eigenvalue weighted by Crippen LogP contribution is -2.46. The second-order valence-corrected chi connectivity index (χ2v) is 5.53. The summed E-state index contributed by atoms with van der Waals surface area (Å²) in [6.07, 6.45) is 0.101. The zero-order valence-corrected chi connectivity index (χ0v) is 14.0. The first-order valence-corrected chi connectivity index (χ1v) is 8.00. The molecular formula is C19H15N3O5. The van der Waals surface area contributed by atoms with Crippen molar-refractivity contribution < 1.29 is 18.9 Å². The summed E-state index contributed by atoms with van der Waals surface area (Å²) in [5.41, 5.74) is 0.237. The number of carbonyl (C=O) groups is 2. The average molecular weight is 365 g/mol. The Balaban J connectivity index is 1.91. The van der Waals surface area contributed by atoms with Gasteiger partial charge < -0.3 is 15.1 Å². The highest BCUT2D eigenvalue weighted by molar-refractivity contribution is 6.05. The van der Waals surface area contributed by atoms with Crippen molar-refractivity contribution in [2.24, 2.45) is 0 Å². The van der Waals surface area contributed by atoms with E-state index >= 15 is 0 Å². The Morgan fingerprint density at radius 2 is 1.67 bits per heavy atom. The number of furan rings is 1. The summed E-state index contributed by atoms with van der Waals surface area (Å²) in [6, 6.07) is 17.2. The van der Waals surface area contributed by atoms with E-state index in [0.29, 0.717) is 5.56 Å². The van der Waals surface area contributed by atoms with Crippen LogP contribution in [0.2, 0.25) is 0 Å². The number of nitrogens with one attached hydrogen (secondary N) is 2. The number of nitro benzene ring substituents is 1. The number of rotatable bonds is 7. The van der Waals surface area contributed by atoms with E-state index in [0.717, 1.165) is 0 Å². The molecule has 1 unspecified atom stereocenters. The Morgan fingerprint density at radius 1 is 0.963 bits per heavy atom. The predicted molar refractivity (Wildman–Crippen MR) is 97.5 cm³/mol. The minimum atomic E-state index is -1.23. The molecule has 27 heavy (non-hydrogen) atoms. The van der Waals surface area contributed by atoms with Crippen LogP contribution in [-0.4, -0.2) is 22.8 Å². The quantitative estimate of drug-likeness (QED) is 0.287. The predicted octanol–water partition coefficient (Wildman–Crippen LogP) is 3.24. The Morgan fingerprint density at radius 3 is 2.33 bits per heavy atom. The maximum Gasteiger partial charge on any atom is 0.292 e. The first-order valence-electron chi connectivity index (χ1n) is 8.00. The van der Waals surface area contributed by atoms with Crippen LogP contribution in [0.15, 0.2) is 77.4 Å². The molecule has 1 amide bonds. The molecule has 0 spiro atoms. The average Bonchev–Trinajstić information content (AvgIpc) is 3.23. The van der Waals surface area contributed by atoms with E-state index in [1.54, 1.807) is 42.5 Å². The van der Waals surface area contributed by atoms with Gasteiger partial charge in [0.1, 0.15) is 5.69 Å². The van der Waals surface area contributed by atoms with Gasteiger partial charge in [-0.25, -0.2) is 0 Å². The number of hydrogen-bond acceptors (Lipinski definition) is 6. The minimum absolute atomic E-state index is 0.0187. The van der Waals surface area contributed by atoms with Crippen molar-refractivity contribution in [1.82, 2.24) is 5.32 Å². The van der Waals surface area contributed by atoms with Gasteiger partial charge in [-0.05, 0) is 18.2 Å². The van der Waals surface area contributed by atoms with E-state index in [4.69, 9.17) is 4.42 Å². The number of para-hydroxylation sites is 2. The summed E-state index contributed by atoms with van der Waals surface area (Å²) in [5, 5.41) is 16.5. The molecule has 0 fully saturated rings. The first kappa shape index (κ1) is 17.9. The number of ketones is 1. The molecule has 0 aliphatic carbocycles. The zero-order chi connectivity index (χ0) is 19.2. The number of nitrogens with zero attached hydrogens (tertiary/aromatic N) is 1. The summed E-state index contributed by atoms with van der Waals surface area (Å²) < 4.78 is 5.03. The number of anilines is 1. The molecule has 0 aliphatic heterocycles. The zero-order valence-electron chi connectivity index (χ0n) is 14.0. The van der Waals surface area contributed by atoms with E-state index in [2.05, 4.69) is 10.6 Å². The Kier molecular flexibility index (Phi) is 5.27. The fraction of sp³-hybridized carbons (Fsp3) is 0.0526. The molecule has 8 nitrogen and oxygen atoms in total. The molecule has 0 saturated heterocycles. The highest BCUT2D eigenvalue weighted by Crippen LogP contribution is 2.24. The molecule has 3 rings (SSSR count). The van der Waals surface area contributed by atoms with Crippen molar-refractivity contribution in [1.29, 1.82) is 0 Å². The number of benzene rings is 2.